The number of nitrogens with one attached hydrogen (secondary N) is 1. The minimum absolute atomic E-state index is 0.198. The molecule has 2 aromatic heterocycles. The number of benzene rings is 3. The highest BCUT2D eigenvalue weighted by Crippen LogP contribution is 2.43. The van der Waals surface area contributed by atoms with Gasteiger partial charge in [0.25, 0.3) is 0 Å². The summed E-state index contributed by atoms with van der Waals surface area (Å²) in [4.78, 5) is 6.69. The Kier molecular flexibility index (Phi) is 6.58. The van der Waals surface area contributed by atoms with E-state index < -0.39 is 0 Å². The van der Waals surface area contributed by atoms with Crippen molar-refractivity contribution in [2.24, 2.45) is 0 Å². The number of halogens is 1. The van der Waals surface area contributed by atoms with Gasteiger partial charge >= 0.3 is 0 Å². The first kappa shape index (κ1) is 24.2. The lowest BCUT2D eigenvalue weighted by Crippen LogP contribution is -2.29. The van der Waals surface area contributed by atoms with Crippen LogP contribution in [0.4, 0.5) is 5.69 Å². The summed E-state index contributed by atoms with van der Waals surface area (Å²) in [5.41, 5.74) is 3.94. The molecule has 1 saturated heterocycles. The number of thiocarbonyl (C=S) groups is 1. The van der Waals surface area contributed by atoms with Gasteiger partial charge < -0.3 is 19.4 Å². The maximum atomic E-state index is 6.42. The third-order valence-electron chi connectivity index (χ3n) is 6.52. The van der Waals surface area contributed by atoms with E-state index in [0.29, 0.717) is 10.1 Å². The summed E-state index contributed by atoms with van der Waals surface area (Å²) in [6.45, 7) is 2.05. The summed E-state index contributed by atoms with van der Waals surface area (Å²) in [5.74, 6) is 3.07. The normalized spacial score (nSPS) is 16.9. The molecule has 3 aromatic carbocycles. The molecule has 0 spiro atoms. The van der Waals surface area contributed by atoms with Crippen molar-refractivity contribution in [3.05, 3.63) is 131 Å². The highest BCUT2D eigenvalue weighted by molar-refractivity contribution is 7.80. The topological polar surface area (TPSA) is 50.5 Å². The molecule has 5 aromatic rings. The summed E-state index contributed by atoms with van der Waals surface area (Å²) >= 11 is 11.9. The van der Waals surface area contributed by atoms with E-state index in [4.69, 9.17) is 33.0 Å². The molecule has 1 aliphatic rings. The average Bonchev–Trinajstić information content (AvgIpc) is 3.56. The van der Waals surface area contributed by atoms with Crippen LogP contribution in [-0.2, 0) is 0 Å². The molecule has 1 aliphatic heterocycles. The van der Waals surface area contributed by atoms with E-state index in [2.05, 4.69) is 22.1 Å². The smallest absolute Gasteiger partial charge is 0.174 e. The highest BCUT2D eigenvalue weighted by atomic mass is 35.5. The summed E-state index contributed by atoms with van der Waals surface area (Å²) in [6.07, 6.45) is 1.79. The minimum atomic E-state index is -0.248. The zero-order chi connectivity index (χ0) is 26.1. The summed E-state index contributed by atoms with van der Waals surface area (Å²) in [7, 11) is 0. The van der Waals surface area contributed by atoms with Gasteiger partial charge in [0.1, 0.15) is 29.1 Å². The van der Waals surface area contributed by atoms with Crippen LogP contribution in [0.1, 0.15) is 29.1 Å². The first-order valence-electron chi connectivity index (χ1n) is 12.3. The standard InChI is InChI=1S/C31H24ClN3O2S/c1-20-5-13-24(14-6-20)36-25-15-11-23(12-16-25)35-30(29(34-31(35)38)26-4-2-3-19-33-26)28-18-17-27(37-28)21-7-9-22(32)10-8-21/h2-19,29-30H,1H3,(H,34,38)/t29-,30-/m1/s1. The van der Waals surface area contributed by atoms with Crippen LogP contribution < -0.4 is 15.0 Å². The lowest BCUT2D eigenvalue weighted by atomic mass is 10.0. The van der Waals surface area contributed by atoms with Crippen molar-refractivity contribution in [1.29, 1.82) is 0 Å². The molecule has 0 unspecified atom stereocenters. The number of furan rings is 1. The molecule has 0 radical (unpaired) electrons. The van der Waals surface area contributed by atoms with E-state index in [1.54, 1.807) is 6.20 Å². The molecule has 0 amide bonds. The molecule has 7 heteroatoms. The van der Waals surface area contributed by atoms with Gasteiger partial charge in [0.2, 0.25) is 0 Å². The number of pyridine rings is 1. The summed E-state index contributed by atoms with van der Waals surface area (Å²) in [5, 5.41) is 4.75. The Labute approximate surface area is 231 Å². The van der Waals surface area contributed by atoms with Gasteiger partial charge in [0, 0.05) is 22.5 Å². The zero-order valence-corrected chi connectivity index (χ0v) is 22.1. The monoisotopic (exact) mass is 537 g/mol. The maximum Gasteiger partial charge on any atom is 0.174 e. The molecular formula is C31H24ClN3O2S. The van der Waals surface area contributed by atoms with Gasteiger partial charge in [-0.15, -0.1) is 0 Å². The quantitative estimate of drug-likeness (QED) is 0.220. The fourth-order valence-corrected chi connectivity index (χ4v) is 5.09. The van der Waals surface area contributed by atoms with Gasteiger partial charge in [0.05, 0.1) is 11.7 Å². The second-order valence-electron chi connectivity index (χ2n) is 9.11. The number of ether oxygens (including phenoxy) is 1. The van der Waals surface area contributed by atoms with E-state index in [1.165, 1.54) is 5.56 Å². The van der Waals surface area contributed by atoms with Crippen LogP contribution in [0, 0.1) is 6.92 Å². The molecule has 1 fully saturated rings. The van der Waals surface area contributed by atoms with Crippen LogP contribution in [0.15, 0.2) is 114 Å². The molecule has 38 heavy (non-hydrogen) atoms. The lowest BCUT2D eigenvalue weighted by molar-refractivity contribution is 0.439. The van der Waals surface area contributed by atoms with Crippen LogP contribution in [0.3, 0.4) is 0 Å². The molecule has 0 saturated carbocycles. The van der Waals surface area contributed by atoms with Crippen LogP contribution in [0.25, 0.3) is 11.3 Å². The molecule has 6 rings (SSSR count). The number of aryl methyl sites for hydroxylation is 1. The Morgan fingerprint density at radius 2 is 1.58 bits per heavy atom. The summed E-state index contributed by atoms with van der Waals surface area (Å²) < 4.78 is 12.5. The minimum Gasteiger partial charge on any atom is -0.459 e. The molecule has 1 N–H and O–H groups in total. The molecule has 2 atom stereocenters. The van der Waals surface area contributed by atoms with E-state index in [9.17, 15) is 0 Å². The Bertz CT molecular complexity index is 1550. The predicted molar refractivity (Wildman–Crippen MR) is 155 cm³/mol. The third kappa shape index (κ3) is 4.88. The molecule has 0 aliphatic carbocycles. The van der Waals surface area contributed by atoms with Crippen LogP contribution >= 0.6 is 23.8 Å². The van der Waals surface area contributed by atoms with Crippen molar-refractivity contribution in [2.45, 2.75) is 19.0 Å². The number of aromatic nitrogens is 1. The van der Waals surface area contributed by atoms with Gasteiger partial charge in [-0.05, 0) is 104 Å². The van der Waals surface area contributed by atoms with Crippen molar-refractivity contribution in [2.75, 3.05) is 4.90 Å². The third-order valence-corrected chi connectivity index (χ3v) is 7.08. The average molecular weight is 538 g/mol. The Morgan fingerprint density at radius 1 is 0.868 bits per heavy atom. The Hall–Kier alpha value is -4.13. The second-order valence-corrected chi connectivity index (χ2v) is 9.94. The van der Waals surface area contributed by atoms with Crippen molar-refractivity contribution < 1.29 is 9.15 Å². The maximum absolute atomic E-state index is 6.42. The number of nitrogens with zero attached hydrogens (tertiary/aromatic N) is 2. The van der Waals surface area contributed by atoms with Gasteiger partial charge in [-0.25, -0.2) is 0 Å². The SMILES string of the molecule is Cc1ccc(Oc2ccc(N3C(=S)N[C@H](c4ccccn4)[C@H]3c3ccc(-c4ccc(Cl)cc4)o3)cc2)cc1. The molecule has 188 valence electrons. The van der Waals surface area contributed by atoms with Crippen molar-refractivity contribution in [1.82, 2.24) is 10.3 Å². The number of hydrogen-bond acceptors (Lipinski definition) is 4. The Balaban J connectivity index is 1.34. The first-order valence-corrected chi connectivity index (χ1v) is 13.0. The van der Waals surface area contributed by atoms with Gasteiger partial charge in [-0.2, -0.15) is 0 Å². The number of hydrogen-bond donors (Lipinski definition) is 1. The van der Waals surface area contributed by atoms with E-state index in [0.717, 1.165) is 40.0 Å². The number of anilines is 1. The largest absolute Gasteiger partial charge is 0.459 e. The van der Waals surface area contributed by atoms with E-state index in [-0.39, 0.29) is 12.1 Å². The van der Waals surface area contributed by atoms with Crippen molar-refractivity contribution in [3.63, 3.8) is 0 Å². The van der Waals surface area contributed by atoms with E-state index in [1.807, 2.05) is 103 Å². The molecule has 0 bridgehead atoms. The van der Waals surface area contributed by atoms with Crippen LogP contribution in [0.2, 0.25) is 5.02 Å². The van der Waals surface area contributed by atoms with Gasteiger partial charge in [-0.1, -0.05) is 35.4 Å². The molecule has 3 heterocycles. The highest BCUT2D eigenvalue weighted by Gasteiger charge is 2.42. The first-order chi connectivity index (χ1) is 18.5. The van der Waals surface area contributed by atoms with Crippen LogP contribution in [0.5, 0.6) is 11.5 Å². The van der Waals surface area contributed by atoms with Crippen molar-refractivity contribution in [3.8, 4) is 22.8 Å². The zero-order valence-electron chi connectivity index (χ0n) is 20.5. The summed E-state index contributed by atoms with van der Waals surface area (Å²) in [6, 6.07) is 32.9. The van der Waals surface area contributed by atoms with Gasteiger partial charge in [-0.3, -0.25) is 4.98 Å². The van der Waals surface area contributed by atoms with Gasteiger partial charge in [0.15, 0.2) is 5.11 Å². The fourth-order valence-electron chi connectivity index (χ4n) is 4.62. The predicted octanol–water partition coefficient (Wildman–Crippen LogP) is 8.27. The van der Waals surface area contributed by atoms with Crippen LogP contribution in [-0.4, -0.2) is 10.1 Å². The molecular weight excluding hydrogens is 514 g/mol. The fraction of sp³-hybridized carbons (Fsp3) is 0.0968. The lowest BCUT2D eigenvalue weighted by Gasteiger charge is -2.26. The number of rotatable bonds is 6. The van der Waals surface area contributed by atoms with Crippen molar-refractivity contribution >= 4 is 34.6 Å². The van der Waals surface area contributed by atoms with E-state index >= 15 is 0 Å². The second kappa shape index (κ2) is 10.3. The molecule has 5 nitrogen and oxygen atoms in total. The Morgan fingerprint density at radius 3 is 2.26 bits per heavy atom.